The van der Waals surface area contributed by atoms with Crippen LogP contribution < -0.4 is 34.0 Å². The third-order valence-corrected chi connectivity index (χ3v) is 5.68. The van der Waals surface area contributed by atoms with Gasteiger partial charge in [-0.05, 0) is 62.1 Å². The standard InChI is InChI=1S/C16H23N5O.C10H13N5O/c1-11(20-21-16(17)18)12-6-5-7-13(10-12)15(22)19-14-8-3-2-4-9-14;1-6(14-15-10(12)13)7-3-2-4-8(5-7)9(11)16/h5-7,10,14H,2-4,8-9H2,1H3,(H,19,22)(H4,17,18,21);2-5H,1H3,(H2,11,16)(H4,12,13,15)/b20-11+;14-6+. The molecule has 38 heavy (non-hydrogen) atoms. The first-order chi connectivity index (χ1) is 18.1. The summed E-state index contributed by atoms with van der Waals surface area (Å²) >= 11 is 0. The SMILES string of the molecule is C/C(=N\N=C(N)N)c1cccc(C(=O)NC2CCCCC2)c1.C/C(=N\N=C(N)N)c1cccc(C(N)=O)c1. The molecule has 0 spiro atoms. The Balaban J connectivity index is 0.000000281. The van der Waals surface area contributed by atoms with Crippen LogP contribution in [-0.4, -0.2) is 41.2 Å². The van der Waals surface area contributed by atoms with Crippen molar-refractivity contribution in [3.05, 3.63) is 70.8 Å². The van der Waals surface area contributed by atoms with E-state index in [1.807, 2.05) is 12.1 Å². The van der Waals surface area contributed by atoms with Crippen molar-refractivity contribution in [2.45, 2.75) is 52.0 Å². The summed E-state index contributed by atoms with van der Waals surface area (Å²) in [6.07, 6.45) is 5.78. The molecule has 0 atom stereocenters. The number of hydrogen-bond acceptors (Lipinski definition) is 6. The molecule has 2 amide bonds. The molecule has 11 N–H and O–H groups in total. The molecule has 12 nitrogen and oxygen atoms in total. The lowest BCUT2D eigenvalue weighted by Crippen LogP contribution is -2.36. The Bertz CT molecular complexity index is 1240. The van der Waals surface area contributed by atoms with Gasteiger partial charge in [-0.3, -0.25) is 9.59 Å². The maximum Gasteiger partial charge on any atom is 0.251 e. The topological polar surface area (TPSA) is 226 Å². The van der Waals surface area contributed by atoms with Gasteiger partial charge in [-0.1, -0.05) is 43.5 Å². The summed E-state index contributed by atoms with van der Waals surface area (Å²) in [5, 5.41) is 18.0. The summed E-state index contributed by atoms with van der Waals surface area (Å²) in [5.41, 5.74) is 29.8. The van der Waals surface area contributed by atoms with E-state index in [0.717, 1.165) is 24.0 Å². The highest BCUT2D eigenvalue weighted by atomic mass is 16.2. The summed E-state index contributed by atoms with van der Waals surface area (Å²) < 4.78 is 0. The van der Waals surface area contributed by atoms with Crippen LogP contribution in [-0.2, 0) is 0 Å². The van der Waals surface area contributed by atoms with E-state index in [2.05, 4.69) is 25.7 Å². The van der Waals surface area contributed by atoms with Gasteiger partial charge in [0.25, 0.3) is 5.91 Å². The van der Waals surface area contributed by atoms with Crippen LogP contribution in [0.2, 0.25) is 0 Å². The number of carbonyl (C=O) groups excluding carboxylic acids is 2. The van der Waals surface area contributed by atoms with Crippen molar-refractivity contribution in [2.24, 2.45) is 49.1 Å². The molecule has 202 valence electrons. The van der Waals surface area contributed by atoms with Crippen molar-refractivity contribution >= 4 is 35.2 Å². The second-order valence-electron chi connectivity index (χ2n) is 8.75. The number of nitrogens with zero attached hydrogens (tertiary/aromatic N) is 4. The maximum atomic E-state index is 12.3. The average Bonchev–Trinajstić information content (AvgIpc) is 2.91. The van der Waals surface area contributed by atoms with Gasteiger partial charge in [-0.2, -0.15) is 10.2 Å². The summed E-state index contributed by atoms with van der Waals surface area (Å²) in [5.74, 6) is -0.740. The number of hydrogen-bond donors (Lipinski definition) is 6. The number of carbonyl (C=O) groups is 2. The quantitative estimate of drug-likeness (QED) is 0.180. The summed E-state index contributed by atoms with van der Waals surface area (Å²) in [6.45, 7) is 3.52. The Hall–Kier alpha value is -4.74. The lowest BCUT2D eigenvalue weighted by Gasteiger charge is -2.22. The first-order valence-corrected chi connectivity index (χ1v) is 12.1. The van der Waals surface area contributed by atoms with E-state index in [1.54, 1.807) is 50.2 Å². The Kier molecular flexibility index (Phi) is 11.4. The number of nitrogens with two attached hydrogens (primary N) is 5. The molecule has 0 aromatic heterocycles. The van der Waals surface area contributed by atoms with Gasteiger partial charge in [0.05, 0.1) is 11.4 Å². The number of guanidine groups is 2. The van der Waals surface area contributed by atoms with Crippen molar-refractivity contribution in [1.29, 1.82) is 0 Å². The highest BCUT2D eigenvalue weighted by Crippen LogP contribution is 2.18. The van der Waals surface area contributed by atoms with Crippen LogP contribution in [0.4, 0.5) is 0 Å². The number of amides is 2. The second-order valence-corrected chi connectivity index (χ2v) is 8.75. The Labute approximate surface area is 222 Å². The minimum Gasteiger partial charge on any atom is -0.369 e. The van der Waals surface area contributed by atoms with Crippen molar-refractivity contribution < 1.29 is 9.59 Å². The van der Waals surface area contributed by atoms with Crippen molar-refractivity contribution in [3.63, 3.8) is 0 Å². The second kappa shape index (κ2) is 14.7. The van der Waals surface area contributed by atoms with E-state index in [0.29, 0.717) is 28.6 Å². The van der Waals surface area contributed by atoms with E-state index in [4.69, 9.17) is 28.7 Å². The predicted octanol–water partition coefficient (Wildman–Crippen LogP) is 1.53. The lowest BCUT2D eigenvalue weighted by molar-refractivity contribution is 0.0926. The molecule has 2 aromatic rings. The van der Waals surface area contributed by atoms with Gasteiger partial charge < -0.3 is 34.0 Å². The molecular formula is C26H36N10O2. The Morgan fingerprint density at radius 2 is 1.13 bits per heavy atom. The Morgan fingerprint density at radius 3 is 1.61 bits per heavy atom. The van der Waals surface area contributed by atoms with Crippen LogP contribution in [0.1, 0.15) is 77.8 Å². The van der Waals surface area contributed by atoms with Crippen LogP contribution in [0.5, 0.6) is 0 Å². The third kappa shape index (κ3) is 10.1. The third-order valence-electron chi connectivity index (χ3n) is 5.68. The molecule has 0 saturated heterocycles. The van der Waals surface area contributed by atoms with E-state index < -0.39 is 5.91 Å². The first-order valence-electron chi connectivity index (χ1n) is 12.1. The van der Waals surface area contributed by atoms with Crippen molar-refractivity contribution in [1.82, 2.24) is 5.32 Å². The molecule has 12 heteroatoms. The lowest BCUT2D eigenvalue weighted by atomic mass is 9.95. The summed E-state index contributed by atoms with van der Waals surface area (Å²) in [7, 11) is 0. The van der Waals surface area contributed by atoms with Gasteiger partial charge in [-0.25, -0.2) is 0 Å². The molecule has 0 unspecified atom stereocenters. The molecule has 0 bridgehead atoms. The molecule has 1 fully saturated rings. The van der Waals surface area contributed by atoms with Crippen LogP contribution in [0.15, 0.2) is 68.9 Å². The van der Waals surface area contributed by atoms with Gasteiger partial charge in [-0.15, -0.1) is 10.2 Å². The zero-order valence-corrected chi connectivity index (χ0v) is 21.7. The van der Waals surface area contributed by atoms with E-state index >= 15 is 0 Å². The monoisotopic (exact) mass is 520 g/mol. The molecule has 3 rings (SSSR count). The van der Waals surface area contributed by atoms with Gasteiger partial charge in [0.1, 0.15) is 0 Å². The van der Waals surface area contributed by atoms with E-state index in [9.17, 15) is 9.59 Å². The average molecular weight is 521 g/mol. The largest absolute Gasteiger partial charge is 0.369 e. The smallest absolute Gasteiger partial charge is 0.251 e. The Morgan fingerprint density at radius 1 is 0.684 bits per heavy atom. The number of rotatable bonds is 7. The fourth-order valence-corrected chi connectivity index (χ4v) is 3.68. The van der Waals surface area contributed by atoms with Crippen LogP contribution in [0, 0.1) is 0 Å². The minimum atomic E-state index is -0.489. The van der Waals surface area contributed by atoms with Crippen LogP contribution >= 0.6 is 0 Å². The molecular weight excluding hydrogens is 484 g/mol. The molecule has 0 heterocycles. The fraction of sp³-hybridized carbons (Fsp3) is 0.308. The van der Waals surface area contributed by atoms with Gasteiger partial charge in [0.2, 0.25) is 17.8 Å². The molecule has 1 saturated carbocycles. The van der Waals surface area contributed by atoms with Gasteiger partial charge >= 0.3 is 0 Å². The zero-order valence-electron chi connectivity index (χ0n) is 21.7. The summed E-state index contributed by atoms with van der Waals surface area (Å²) in [6, 6.07) is 14.4. The normalized spacial score (nSPS) is 13.9. The highest BCUT2D eigenvalue weighted by Gasteiger charge is 2.17. The zero-order chi connectivity index (χ0) is 28.1. The molecule has 1 aliphatic carbocycles. The van der Waals surface area contributed by atoms with E-state index in [1.165, 1.54) is 19.3 Å². The van der Waals surface area contributed by atoms with Crippen molar-refractivity contribution in [2.75, 3.05) is 0 Å². The minimum absolute atomic E-state index is 0.0385. The van der Waals surface area contributed by atoms with Crippen molar-refractivity contribution in [3.8, 4) is 0 Å². The van der Waals surface area contributed by atoms with E-state index in [-0.39, 0.29) is 17.8 Å². The number of benzene rings is 2. The van der Waals surface area contributed by atoms with Crippen LogP contribution in [0.3, 0.4) is 0 Å². The first kappa shape index (κ1) is 29.5. The number of primary amides is 1. The number of nitrogens with one attached hydrogen (secondary N) is 1. The maximum absolute atomic E-state index is 12.3. The fourth-order valence-electron chi connectivity index (χ4n) is 3.68. The molecule has 0 aliphatic heterocycles. The molecule has 2 aromatic carbocycles. The van der Waals surface area contributed by atoms with Gasteiger partial charge in [0.15, 0.2) is 0 Å². The van der Waals surface area contributed by atoms with Crippen LogP contribution in [0.25, 0.3) is 0 Å². The van der Waals surface area contributed by atoms with Gasteiger partial charge in [0, 0.05) is 17.2 Å². The predicted molar refractivity (Wildman–Crippen MR) is 152 cm³/mol. The highest BCUT2D eigenvalue weighted by molar-refractivity contribution is 6.03. The summed E-state index contributed by atoms with van der Waals surface area (Å²) in [4.78, 5) is 23.3. The molecule has 0 radical (unpaired) electrons. The molecule has 1 aliphatic rings.